The van der Waals surface area contributed by atoms with E-state index in [1.54, 1.807) is 30.3 Å². The Balaban J connectivity index is 1.92. The molecule has 2 amide bonds. The summed E-state index contributed by atoms with van der Waals surface area (Å²) in [4.78, 5) is 28.5. The van der Waals surface area contributed by atoms with Crippen LogP contribution in [-0.2, 0) is 0 Å². The number of amides is 2. The third kappa shape index (κ3) is 1.96. The predicted octanol–water partition coefficient (Wildman–Crippen LogP) is 2.28. The number of imide groups is 1. The van der Waals surface area contributed by atoms with Crippen molar-refractivity contribution in [2.45, 2.75) is 25.4 Å². The summed E-state index contributed by atoms with van der Waals surface area (Å²) in [6, 6.07) is 7.01. The van der Waals surface area contributed by atoms with Crippen molar-refractivity contribution < 1.29 is 9.59 Å². The van der Waals surface area contributed by atoms with Crippen LogP contribution < -0.4 is 0 Å². The van der Waals surface area contributed by atoms with Gasteiger partial charge in [0.1, 0.15) is 6.17 Å². The fraction of sp³-hybridized carbons (Fsp3) is 0.375. The first-order chi connectivity index (χ1) is 9.74. The van der Waals surface area contributed by atoms with Crippen LogP contribution in [0.2, 0.25) is 0 Å². The van der Waals surface area contributed by atoms with E-state index in [1.807, 2.05) is 0 Å². The third-order valence-corrected chi connectivity index (χ3v) is 4.07. The second-order valence-electron chi connectivity index (χ2n) is 5.27. The van der Waals surface area contributed by atoms with Crippen molar-refractivity contribution >= 4 is 11.8 Å². The van der Waals surface area contributed by atoms with Gasteiger partial charge in [-0.1, -0.05) is 31.2 Å². The van der Waals surface area contributed by atoms with E-state index in [0.29, 0.717) is 11.1 Å². The van der Waals surface area contributed by atoms with Crippen molar-refractivity contribution in [2.24, 2.45) is 0 Å². The number of likely N-dealkylation sites (tertiary alicyclic amines) is 1. The minimum atomic E-state index is -0.331. The van der Waals surface area contributed by atoms with Crippen molar-refractivity contribution in [1.82, 2.24) is 9.80 Å². The van der Waals surface area contributed by atoms with Crippen LogP contribution in [0.25, 0.3) is 0 Å². The van der Waals surface area contributed by atoms with Gasteiger partial charge in [0.25, 0.3) is 11.8 Å². The van der Waals surface area contributed by atoms with Crippen LogP contribution in [0.4, 0.5) is 0 Å². The Morgan fingerprint density at radius 2 is 1.55 bits per heavy atom. The smallest absolute Gasteiger partial charge is 0.263 e. The molecule has 0 bridgehead atoms. The fourth-order valence-corrected chi connectivity index (χ4v) is 3.05. The van der Waals surface area contributed by atoms with E-state index in [9.17, 15) is 9.59 Å². The maximum atomic E-state index is 12.5. The highest BCUT2D eigenvalue weighted by Gasteiger charge is 2.40. The lowest BCUT2D eigenvalue weighted by Gasteiger charge is -2.36. The number of hydrogen-bond donors (Lipinski definition) is 0. The van der Waals surface area contributed by atoms with E-state index in [1.165, 1.54) is 11.3 Å². The Morgan fingerprint density at radius 3 is 2.05 bits per heavy atom. The lowest BCUT2D eigenvalue weighted by molar-refractivity contribution is 0.0377. The van der Waals surface area contributed by atoms with Gasteiger partial charge in [-0.2, -0.15) is 0 Å². The summed E-state index contributed by atoms with van der Waals surface area (Å²) in [6.45, 7) is 5.64. The number of benzene rings is 1. The predicted molar refractivity (Wildman–Crippen MR) is 76.4 cm³/mol. The summed E-state index contributed by atoms with van der Waals surface area (Å²) >= 11 is 0. The van der Waals surface area contributed by atoms with Crippen LogP contribution in [0.15, 0.2) is 36.9 Å². The van der Waals surface area contributed by atoms with Crippen LogP contribution in [0.5, 0.6) is 0 Å². The first-order valence-electron chi connectivity index (χ1n) is 7.07. The Hall–Kier alpha value is -1.94. The van der Waals surface area contributed by atoms with Gasteiger partial charge in [-0.15, -0.1) is 0 Å². The van der Waals surface area contributed by atoms with Gasteiger partial charge in [0.15, 0.2) is 0 Å². The van der Waals surface area contributed by atoms with Crippen LogP contribution in [0.3, 0.4) is 0 Å². The van der Waals surface area contributed by atoms with E-state index in [-0.39, 0.29) is 18.0 Å². The lowest BCUT2D eigenvalue weighted by Crippen LogP contribution is -2.51. The number of piperidine rings is 1. The Labute approximate surface area is 118 Å². The second kappa shape index (κ2) is 5.21. The van der Waals surface area contributed by atoms with Crippen molar-refractivity contribution in [3.8, 4) is 0 Å². The largest absolute Gasteiger partial charge is 0.280 e. The zero-order valence-electron chi connectivity index (χ0n) is 11.4. The number of hydrogen-bond acceptors (Lipinski definition) is 3. The van der Waals surface area contributed by atoms with Crippen molar-refractivity contribution in [2.75, 3.05) is 13.1 Å². The molecule has 1 unspecified atom stereocenters. The zero-order chi connectivity index (χ0) is 14.1. The average Bonchev–Trinajstić information content (AvgIpc) is 2.75. The average molecular weight is 270 g/mol. The molecule has 104 valence electrons. The highest BCUT2D eigenvalue weighted by Crippen LogP contribution is 2.27. The number of fused-ring (bicyclic) bond motifs is 1. The highest BCUT2D eigenvalue weighted by atomic mass is 16.2. The van der Waals surface area contributed by atoms with Gasteiger partial charge in [-0.3, -0.25) is 19.4 Å². The molecule has 0 aromatic heterocycles. The van der Waals surface area contributed by atoms with Gasteiger partial charge in [0.2, 0.25) is 0 Å². The number of nitrogens with zero attached hydrogens (tertiary/aromatic N) is 2. The number of carbonyl (C=O) groups excluding carboxylic acids is 2. The third-order valence-electron chi connectivity index (χ3n) is 4.07. The minimum Gasteiger partial charge on any atom is -0.280 e. The van der Waals surface area contributed by atoms with Gasteiger partial charge in [0.05, 0.1) is 11.1 Å². The second-order valence-corrected chi connectivity index (χ2v) is 5.27. The maximum absolute atomic E-state index is 12.5. The molecule has 2 aliphatic heterocycles. The lowest BCUT2D eigenvalue weighted by atomic mass is 10.1. The normalized spacial score (nSPS) is 20.9. The van der Waals surface area contributed by atoms with Gasteiger partial charge in [-0.05, 0) is 25.0 Å². The molecule has 0 aliphatic carbocycles. The monoisotopic (exact) mass is 270 g/mol. The van der Waals surface area contributed by atoms with Crippen LogP contribution >= 0.6 is 0 Å². The molecule has 4 heteroatoms. The number of carbonyl (C=O) groups is 2. The molecule has 0 spiro atoms. The molecule has 0 N–H and O–H groups in total. The molecule has 1 atom stereocenters. The first kappa shape index (κ1) is 13.1. The number of rotatable bonds is 3. The van der Waals surface area contributed by atoms with Gasteiger partial charge in [0, 0.05) is 13.1 Å². The topological polar surface area (TPSA) is 40.6 Å². The molecule has 1 aromatic rings. The highest BCUT2D eigenvalue weighted by molar-refractivity contribution is 6.21. The molecule has 0 radical (unpaired) electrons. The Kier molecular flexibility index (Phi) is 3.40. The van der Waals surface area contributed by atoms with Crippen molar-refractivity contribution in [3.63, 3.8) is 0 Å². The zero-order valence-corrected chi connectivity index (χ0v) is 11.4. The molecule has 1 aromatic carbocycles. The summed E-state index contributed by atoms with van der Waals surface area (Å²) in [5, 5.41) is 0. The summed E-state index contributed by atoms with van der Waals surface area (Å²) in [5.74, 6) is -0.415. The van der Waals surface area contributed by atoms with E-state index >= 15 is 0 Å². The molecule has 0 saturated carbocycles. The molecule has 1 saturated heterocycles. The summed E-state index contributed by atoms with van der Waals surface area (Å²) < 4.78 is 0. The molecule has 3 rings (SSSR count). The van der Waals surface area contributed by atoms with E-state index in [0.717, 1.165) is 25.9 Å². The van der Waals surface area contributed by atoms with Crippen molar-refractivity contribution in [1.29, 1.82) is 0 Å². The van der Waals surface area contributed by atoms with Gasteiger partial charge in [-0.25, -0.2) is 0 Å². The Bertz CT molecular complexity index is 526. The molecular weight excluding hydrogens is 252 g/mol. The summed E-state index contributed by atoms with van der Waals surface area (Å²) in [6.07, 6.45) is 4.79. The van der Waals surface area contributed by atoms with E-state index < -0.39 is 0 Å². The first-order valence-corrected chi connectivity index (χ1v) is 7.07. The quantitative estimate of drug-likeness (QED) is 0.625. The van der Waals surface area contributed by atoms with Gasteiger partial charge >= 0.3 is 0 Å². The molecule has 4 nitrogen and oxygen atoms in total. The molecule has 20 heavy (non-hydrogen) atoms. The standard InChI is InChI=1S/C16H18N2O2/c1-2-14(17-10-6-3-7-11-17)18-15(19)12-8-4-5-9-13(12)16(18)20/h2,4-5,8-9,14H,1,3,6-7,10-11H2. The van der Waals surface area contributed by atoms with Crippen LogP contribution in [-0.4, -0.2) is 40.9 Å². The molecule has 2 heterocycles. The summed E-state index contributed by atoms with van der Waals surface area (Å²) in [5.41, 5.74) is 1.00. The maximum Gasteiger partial charge on any atom is 0.263 e. The van der Waals surface area contributed by atoms with Crippen LogP contribution in [0.1, 0.15) is 40.0 Å². The molecular formula is C16H18N2O2. The van der Waals surface area contributed by atoms with Crippen molar-refractivity contribution in [3.05, 3.63) is 48.0 Å². The van der Waals surface area contributed by atoms with E-state index in [2.05, 4.69) is 11.5 Å². The minimum absolute atomic E-state index is 0.207. The fourth-order valence-electron chi connectivity index (χ4n) is 3.05. The van der Waals surface area contributed by atoms with Gasteiger partial charge < -0.3 is 0 Å². The van der Waals surface area contributed by atoms with E-state index in [4.69, 9.17) is 0 Å². The molecule has 1 fully saturated rings. The summed E-state index contributed by atoms with van der Waals surface area (Å²) in [7, 11) is 0. The Morgan fingerprint density at radius 1 is 1.00 bits per heavy atom. The SMILES string of the molecule is C=CC(N1CCCCC1)N1C(=O)c2ccccc2C1=O. The van der Waals surface area contributed by atoms with Crippen LogP contribution in [0, 0.1) is 0 Å². The molecule has 2 aliphatic rings.